The summed E-state index contributed by atoms with van der Waals surface area (Å²) in [5.74, 6) is 0. The molecule has 0 aliphatic rings. The molecule has 0 aromatic carbocycles. The maximum Gasteiger partial charge on any atom is 2.00 e. The average Bonchev–Trinajstić information content (AvgIpc) is 0.811. The molecular weight excluding hydrogens is 132 g/mol. The van der Waals surface area contributed by atoms with Crippen molar-refractivity contribution in [1.82, 2.24) is 0 Å². The van der Waals surface area contributed by atoms with Gasteiger partial charge in [-0.15, -0.1) is 11.4 Å². The maximum atomic E-state index is 8.44. The Morgan fingerprint density at radius 3 is 1.40 bits per heavy atom. The first-order valence-corrected chi connectivity index (χ1v) is 1.50. The second-order valence-electron chi connectivity index (χ2n) is 0.204. The molecule has 0 N–H and O–H groups in total. The van der Waals surface area contributed by atoms with Crippen LogP contribution in [0, 0.1) is 0 Å². The monoisotopic (exact) mass is 132 g/mol. The fourth-order valence-corrected chi connectivity index (χ4v) is 0. The van der Waals surface area contributed by atoms with E-state index in [1.54, 1.807) is 0 Å². The van der Waals surface area contributed by atoms with Gasteiger partial charge < -0.3 is 9.11 Å². The van der Waals surface area contributed by atoms with Crippen molar-refractivity contribution in [3.8, 4) is 0 Å². The van der Waals surface area contributed by atoms with E-state index in [-0.39, 0.29) is 17.4 Å². The van der Waals surface area contributed by atoms with Crippen molar-refractivity contribution in [2.75, 3.05) is 0 Å². The third kappa shape index (κ3) is 85.9. The van der Waals surface area contributed by atoms with Crippen LogP contribution >= 0.6 is 0 Å². The van der Waals surface area contributed by atoms with Crippen molar-refractivity contribution in [2.24, 2.45) is 0 Å². The van der Waals surface area contributed by atoms with Crippen molar-refractivity contribution >= 4 is 11.4 Å². The smallest absolute Gasteiger partial charge is 0.784 e. The SMILES string of the molecule is O=S([O-])[O-].[Cr+2]. The molecule has 0 aromatic rings. The summed E-state index contributed by atoms with van der Waals surface area (Å²) in [6, 6.07) is 0. The van der Waals surface area contributed by atoms with Crippen LogP contribution < -0.4 is 0 Å². The Hall–Kier alpha value is 0.602. The fourth-order valence-electron chi connectivity index (χ4n) is 0. The van der Waals surface area contributed by atoms with Gasteiger partial charge in [-0.2, -0.15) is 0 Å². The fraction of sp³-hybridized carbons (Fsp3) is 0. The molecule has 0 aromatic heterocycles. The van der Waals surface area contributed by atoms with Gasteiger partial charge in [0, 0.05) is 0 Å². The van der Waals surface area contributed by atoms with E-state index >= 15 is 0 Å². The summed E-state index contributed by atoms with van der Waals surface area (Å²) in [6.45, 7) is 0. The molecule has 3 nitrogen and oxygen atoms in total. The molecule has 30 valence electrons. The summed E-state index contributed by atoms with van der Waals surface area (Å²) in [5.41, 5.74) is 0. The van der Waals surface area contributed by atoms with Crippen LogP contribution in [-0.2, 0) is 28.7 Å². The zero-order valence-electron chi connectivity index (χ0n) is 2.04. The van der Waals surface area contributed by atoms with Crippen LogP contribution in [0.2, 0.25) is 0 Å². The van der Waals surface area contributed by atoms with E-state index in [0.29, 0.717) is 0 Å². The summed E-state index contributed by atoms with van der Waals surface area (Å²) in [5, 5.41) is 0. The first-order chi connectivity index (χ1) is 1.73. The minimum Gasteiger partial charge on any atom is -0.784 e. The van der Waals surface area contributed by atoms with E-state index in [1.807, 2.05) is 0 Å². The molecule has 0 spiro atoms. The molecule has 0 radical (unpaired) electrons. The molecule has 0 amide bonds. The molecule has 0 rings (SSSR count). The Kier molecular flexibility index (Phi) is 8.42. The third-order valence-corrected chi connectivity index (χ3v) is 0. The summed E-state index contributed by atoms with van der Waals surface area (Å²) in [4.78, 5) is 0. The zero-order valence-corrected chi connectivity index (χ0v) is 4.13. The molecular formula is CrO3S. The van der Waals surface area contributed by atoms with Crippen molar-refractivity contribution in [3.63, 3.8) is 0 Å². The van der Waals surface area contributed by atoms with E-state index in [2.05, 4.69) is 0 Å². The standard InChI is InChI=1S/Cr.H2O3S/c;1-4(2)3/h;(H2,1,2,3)/q+2;/p-2. The average molecular weight is 132 g/mol. The van der Waals surface area contributed by atoms with E-state index < -0.39 is 11.4 Å². The van der Waals surface area contributed by atoms with Gasteiger partial charge in [0.1, 0.15) is 0 Å². The Morgan fingerprint density at radius 2 is 1.40 bits per heavy atom. The maximum absolute atomic E-state index is 8.44. The molecule has 0 bridgehead atoms. The minimum atomic E-state index is -3.11. The van der Waals surface area contributed by atoms with Gasteiger partial charge in [0.2, 0.25) is 0 Å². The Labute approximate surface area is 42.6 Å². The van der Waals surface area contributed by atoms with Crippen molar-refractivity contribution in [3.05, 3.63) is 0 Å². The van der Waals surface area contributed by atoms with Crippen molar-refractivity contribution < 1.29 is 30.7 Å². The normalized spacial score (nSPS) is 7.00. The largest absolute Gasteiger partial charge is 2.00 e. The van der Waals surface area contributed by atoms with Crippen LogP contribution in [0.4, 0.5) is 0 Å². The van der Waals surface area contributed by atoms with Crippen LogP contribution in [0.15, 0.2) is 0 Å². The zero-order chi connectivity index (χ0) is 3.58. The summed E-state index contributed by atoms with van der Waals surface area (Å²) in [7, 11) is 0. The molecule has 5 heteroatoms. The van der Waals surface area contributed by atoms with Gasteiger partial charge in [0.25, 0.3) is 0 Å². The van der Waals surface area contributed by atoms with Gasteiger partial charge in [-0.25, -0.2) is 0 Å². The first kappa shape index (κ1) is 9.14. The molecule has 0 aliphatic heterocycles. The quantitative estimate of drug-likeness (QED) is 0.397. The third-order valence-electron chi connectivity index (χ3n) is 0. The topological polar surface area (TPSA) is 63.2 Å². The molecule has 0 unspecified atom stereocenters. The molecule has 0 saturated carbocycles. The second kappa shape index (κ2) is 4.60. The number of hydrogen-bond donors (Lipinski definition) is 0. The van der Waals surface area contributed by atoms with Gasteiger partial charge in [-0.3, -0.25) is 4.21 Å². The predicted octanol–water partition coefficient (Wildman–Crippen LogP) is -1.01. The van der Waals surface area contributed by atoms with E-state index in [4.69, 9.17) is 13.3 Å². The van der Waals surface area contributed by atoms with Crippen LogP contribution in [0.25, 0.3) is 0 Å². The minimum absolute atomic E-state index is 0. The van der Waals surface area contributed by atoms with Crippen LogP contribution in [0.1, 0.15) is 0 Å². The van der Waals surface area contributed by atoms with Crippen LogP contribution in [-0.4, -0.2) is 13.3 Å². The van der Waals surface area contributed by atoms with Gasteiger partial charge in [-0.1, -0.05) is 0 Å². The number of hydrogen-bond acceptors (Lipinski definition) is 3. The van der Waals surface area contributed by atoms with Gasteiger partial charge in [0.05, 0.1) is 0 Å². The Morgan fingerprint density at radius 1 is 1.40 bits per heavy atom. The predicted molar refractivity (Wildman–Crippen MR) is 9.70 cm³/mol. The molecule has 0 fully saturated rings. The van der Waals surface area contributed by atoms with Crippen LogP contribution in [0.5, 0.6) is 0 Å². The summed E-state index contributed by atoms with van der Waals surface area (Å²) >= 11 is -3.11. The summed E-state index contributed by atoms with van der Waals surface area (Å²) < 4.78 is 25.3. The van der Waals surface area contributed by atoms with Gasteiger partial charge in [0.15, 0.2) is 0 Å². The Balaban J connectivity index is 0. The molecule has 5 heavy (non-hydrogen) atoms. The van der Waals surface area contributed by atoms with E-state index in [0.717, 1.165) is 0 Å². The number of rotatable bonds is 0. The summed E-state index contributed by atoms with van der Waals surface area (Å²) in [6.07, 6.45) is 0. The first-order valence-electron chi connectivity index (χ1n) is 0.500. The van der Waals surface area contributed by atoms with Crippen LogP contribution in [0.3, 0.4) is 0 Å². The second-order valence-corrected chi connectivity index (χ2v) is 0.612. The van der Waals surface area contributed by atoms with E-state index in [1.165, 1.54) is 0 Å². The van der Waals surface area contributed by atoms with E-state index in [9.17, 15) is 0 Å². The molecule has 0 atom stereocenters. The Bertz CT molecular complexity index is 29.9. The molecule has 0 saturated heterocycles. The van der Waals surface area contributed by atoms with Crippen molar-refractivity contribution in [1.29, 1.82) is 0 Å². The molecule has 0 aliphatic carbocycles. The van der Waals surface area contributed by atoms with Crippen molar-refractivity contribution in [2.45, 2.75) is 0 Å². The van der Waals surface area contributed by atoms with Gasteiger partial charge >= 0.3 is 17.4 Å². The molecule has 0 heterocycles. The van der Waals surface area contributed by atoms with Gasteiger partial charge in [-0.05, 0) is 0 Å².